The van der Waals surface area contributed by atoms with Crippen molar-refractivity contribution in [1.29, 1.82) is 0 Å². The lowest BCUT2D eigenvalue weighted by Gasteiger charge is -2.08. The molecule has 0 spiro atoms. The van der Waals surface area contributed by atoms with Crippen molar-refractivity contribution in [3.63, 3.8) is 0 Å². The number of esters is 1. The van der Waals surface area contributed by atoms with Gasteiger partial charge in [0.2, 0.25) is 0 Å². The number of halogens is 4. The van der Waals surface area contributed by atoms with Gasteiger partial charge in [-0.1, -0.05) is 36.4 Å². The minimum absolute atomic E-state index is 0.233. The normalized spacial score (nSPS) is 11.7. The monoisotopic (exact) mass is 458 g/mol. The average Bonchev–Trinajstić information content (AvgIpc) is 3.16. The van der Waals surface area contributed by atoms with Crippen LogP contribution in [-0.2, 0) is 17.3 Å². The van der Waals surface area contributed by atoms with Gasteiger partial charge in [0.05, 0.1) is 17.7 Å². The van der Waals surface area contributed by atoms with Crippen molar-refractivity contribution in [1.82, 2.24) is 0 Å². The van der Waals surface area contributed by atoms with Gasteiger partial charge in [-0.25, -0.2) is 9.18 Å². The van der Waals surface area contributed by atoms with E-state index in [0.717, 1.165) is 22.4 Å². The molecule has 0 amide bonds. The lowest BCUT2D eigenvalue weighted by Crippen LogP contribution is -2.05. The van der Waals surface area contributed by atoms with Crippen molar-refractivity contribution in [3.05, 3.63) is 94.1 Å². The van der Waals surface area contributed by atoms with Gasteiger partial charge in [-0.3, -0.25) is 0 Å². The number of benzene rings is 3. The SMILES string of the molecule is CCOC(=O)c1cccc(-c2c(F)ccc3cc(Cc4cccc(C(F)(F)F)c4)sc23)c1. The fraction of sp³-hybridized carbons (Fsp3) is 0.160. The van der Waals surface area contributed by atoms with Gasteiger partial charge in [-0.05, 0) is 53.8 Å². The molecule has 164 valence electrons. The molecule has 32 heavy (non-hydrogen) atoms. The lowest BCUT2D eigenvalue weighted by atomic mass is 10.0. The number of alkyl halides is 3. The molecule has 4 rings (SSSR count). The molecular formula is C25H18F4O2S. The number of rotatable bonds is 5. The summed E-state index contributed by atoms with van der Waals surface area (Å²) in [6, 6.07) is 16.6. The van der Waals surface area contributed by atoms with E-state index in [0.29, 0.717) is 33.4 Å². The Kier molecular flexibility index (Phi) is 6.02. The van der Waals surface area contributed by atoms with Crippen molar-refractivity contribution in [2.24, 2.45) is 0 Å². The van der Waals surface area contributed by atoms with Gasteiger partial charge in [0.25, 0.3) is 0 Å². The predicted molar refractivity (Wildman–Crippen MR) is 117 cm³/mol. The van der Waals surface area contributed by atoms with E-state index in [-0.39, 0.29) is 6.61 Å². The smallest absolute Gasteiger partial charge is 0.416 e. The molecule has 1 heterocycles. The molecule has 1 aromatic heterocycles. The predicted octanol–water partition coefficient (Wildman–Crippen LogP) is 7.49. The van der Waals surface area contributed by atoms with Gasteiger partial charge in [0.15, 0.2) is 0 Å². The van der Waals surface area contributed by atoms with Crippen LogP contribution in [0.4, 0.5) is 17.6 Å². The van der Waals surface area contributed by atoms with E-state index in [9.17, 15) is 22.4 Å². The molecule has 0 atom stereocenters. The highest BCUT2D eigenvalue weighted by molar-refractivity contribution is 7.19. The number of thiophene rings is 1. The van der Waals surface area contributed by atoms with Crippen LogP contribution in [0.1, 0.15) is 33.3 Å². The summed E-state index contributed by atoms with van der Waals surface area (Å²) < 4.78 is 59.7. The molecule has 4 aromatic rings. The fourth-order valence-electron chi connectivity index (χ4n) is 3.56. The third-order valence-electron chi connectivity index (χ3n) is 4.98. The Morgan fingerprint density at radius 2 is 1.78 bits per heavy atom. The molecule has 0 aliphatic rings. The van der Waals surface area contributed by atoms with E-state index >= 15 is 0 Å². The van der Waals surface area contributed by atoms with E-state index in [2.05, 4.69) is 0 Å². The van der Waals surface area contributed by atoms with Crippen LogP contribution in [0.2, 0.25) is 0 Å². The van der Waals surface area contributed by atoms with Crippen molar-refractivity contribution in [2.45, 2.75) is 19.5 Å². The van der Waals surface area contributed by atoms with Crippen LogP contribution in [-0.4, -0.2) is 12.6 Å². The van der Waals surface area contributed by atoms with E-state index in [1.807, 2.05) is 6.07 Å². The average molecular weight is 458 g/mol. The summed E-state index contributed by atoms with van der Waals surface area (Å²) in [5.74, 6) is -0.927. The third-order valence-corrected chi connectivity index (χ3v) is 6.15. The summed E-state index contributed by atoms with van der Waals surface area (Å²) in [7, 11) is 0. The van der Waals surface area contributed by atoms with Crippen molar-refractivity contribution >= 4 is 27.4 Å². The highest BCUT2D eigenvalue weighted by Gasteiger charge is 2.30. The maximum atomic E-state index is 14.9. The van der Waals surface area contributed by atoms with Gasteiger partial charge in [0.1, 0.15) is 5.82 Å². The molecule has 3 aromatic carbocycles. The largest absolute Gasteiger partial charge is 0.462 e. The van der Waals surface area contributed by atoms with Crippen LogP contribution in [0.25, 0.3) is 21.2 Å². The topological polar surface area (TPSA) is 26.3 Å². The molecule has 0 radical (unpaired) electrons. The molecule has 0 aliphatic heterocycles. The fourth-order valence-corrected chi connectivity index (χ4v) is 4.81. The zero-order valence-electron chi connectivity index (χ0n) is 17.0. The minimum Gasteiger partial charge on any atom is -0.462 e. The van der Waals surface area contributed by atoms with Crippen molar-refractivity contribution in [3.8, 4) is 11.1 Å². The maximum Gasteiger partial charge on any atom is 0.416 e. The summed E-state index contributed by atoms with van der Waals surface area (Å²) in [5.41, 5.74) is 1.04. The van der Waals surface area contributed by atoms with Crippen LogP contribution >= 0.6 is 11.3 Å². The summed E-state index contributed by atoms with van der Waals surface area (Å²) in [5, 5.41) is 0.787. The summed E-state index contributed by atoms with van der Waals surface area (Å²) in [6.07, 6.45) is -4.11. The number of fused-ring (bicyclic) bond motifs is 1. The maximum absolute atomic E-state index is 14.9. The van der Waals surface area contributed by atoms with E-state index in [4.69, 9.17) is 4.74 Å². The van der Waals surface area contributed by atoms with E-state index in [1.165, 1.54) is 23.5 Å². The minimum atomic E-state index is -4.41. The Balaban J connectivity index is 1.73. The van der Waals surface area contributed by atoms with Gasteiger partial charge in [-0.15, -0.1) is 11.3 Å². The molecule has 0 saturated heterocycles. The molecule has 0 unspecified atom stereocenters. The molecule has 0 bridgehead atoms. The second kappa shape index (κ2) is 8.74. The van der Waals surface area contributed by atoms with Crippen LogP contribution in [0.3, 0.4) is 0 Å². The Morgan fingerprint density at radius 1 is 1.00 bits per heavy atom. The first-order valence-corrected chi connectivity index (χ1v) is 10.7. The molecule has 2 nitrogen and oxygen atoms in total. The van der Waals surface area contributed by atoms with Crippen LogP contribution < -0.4 is 0 Å². The Morgan fingerprint density at radius 3 is 2.53 bits per heavy atom. The van der Waals surface area contributed by atoms with Crippen LogP contribution in [0, 0.1) is 5.82 Å². The molecule has 7 heteroatoms. The van der Waals surface area contributed by atoms with Gasteiger partial charge in [-0.2, -0.15) is 13.2 Å². The number of hydrogen-bond donors (Lipinski definition) is 0. The van der Waals surface area contributed by atoms with E-state index in [1.54, 1.807) is 43.3 Å². The summed E-state index contributed by atoms with van der Waals surface area (Å²) in [4.78, 5) is 12.9. The van der Waals surface area contributed by atoms with Gasteiger partial charge < -0.3 is 4.74 Å². The van der Waals surface area contributed by atoms with Crippen LogP contribution in [0.15, 0.2) is 66.7 Å². The van der Waals surface area contributed by atoms with E-state index < -0.39 is 23.5 Å². The number of hydrogen-bond acceptors (Lipinski definition) is 3. The Labute approximate surface area is 186 Å². The molecule has 0 saturated carbocycles. The first-order chi connectivity index (χ1) is 15.3. The zero-order chi connectivity index (χ0) is 22.9. The molecule has 0 N–H and O–H groups in total. The Bertz CT molecular complexity index is 1290. The van der Waals surface area contributed by atoms with Crippen molar-refractivity contribution in [2.75, 3.05) is 6.61 Å². The van der Waals surface area contributed by atoms with Gasteiger partial charge in [0, 0.05) is 21.6 Å². The first-order valence-electron chi connectivity index (χ1n) is 9.91. The van der Waals surface area contributed by atoms with Crippen LogP contribution in [0.5, 0.6) is 0 Å². The highest BCUT2D eigenvalue weighted by Crippen LogP contribution is 2.38. The second-order valence-corrected chi connectivity index (χ2v) is 8.37. The number of carbonyl (C=O) groups excluding carboxylic acids is 1. The molecular weight excluding hydrogens is 440 g/mol. The summed E-state index contributed by atoms with van der Waals surface area (Å²) >= 11 is 1.33. The Hall–Kier alpha value is -3.19. The third kappa shape index (κ3) is 4.53. The molecule has 0 fully saturated rings. The second-order valence-electron chi connectivity index (χ2n) is 7.23. The standard InChI is InChI=1S/C25H18F4O2S/c1-2-31-24(30)18-7-4-6-16(13-18)22-21(26)10-9-17-14-20(32-23(17)22)12-15-5-3-8-19(11-15)25(27,28)29/h3-11,13-14H,2,12H2,1H3. The zero-order valence-corrected chi connectivity index (χ0v) is 17.8. The highest BCUT2D eigenvalue weighted by atomic mass is 32.1. The first kappa shape index (κ1) is 22.0. The summed E-state index contributed by atoms with van der Waals surface area (Å²) in [6.45, 7) is 1.94. The number of carbonyl (C=O) groups is 1. The number of ether oxygens (including phenoxy) is 1. The molecule has 0 aliphatic carbocycles. The van der Waals surface area contributed by atoms with Gasteiger partial charge >= 0.3 is 12.1 Å². The van der Waals surface area contributed by atoms with Crippen molar-refractivity contribution < 1.29 is 27.1 Å². The lowest BCUT2D eigenvalue weighted by molar-refractivity contribution is -0.137. The quantitative estimate of drug-likeness (QED) is 0.229.